The maximum absolute atomic E-state index is 12.3. The van der Waals surface area contributed by atoms with E-state index < -0.39 is 0 Å². The van der Waals surface area contributed by atoms with Crippen molar-refractivity contribution in [3.63, 3.8) is 0 Å². The topological polar surface area (TPSA) is 42.0 Å². The number of benzene rings is 2. The molecule has 3 rings (SSSR count). The summed E-state index contributed by atoms with van der Waals surface area (Å²) in [5.74, 6) is -0.0290. The molecule has 128 valence electrons. The molecule has 0 aliphatic heterocycles. The third kappa shape index (κ3) is 4.47. The zero-order valence-corrected chi connectivity index (χ0v) is 15.7. The van der Waals surface area contributed by atoms with Gasteiger partial charge in [-0.05, 0) is 37.1 Å². The van der Waals surface area contributed by atoms with Crippen LogP contribution >= 0.6 is 22.9 Å². The lowest BCUT2D eigenvalue weighted by molar-refractivity contribution is -0.121. The molecule has 1 amide bonds. The van der Waals surface area contributed by atoms with Gasteiger partial charge in [0.05, 0.1) is 18.2 Å². The maximum Gasteiger partial charge on any atom is 0.226 e. The summed E-state index contributed by atoms with van der Waals surface area (Å²) < 4.78 is 0. The summed E-state index contributed by atoms with van der Waals surface area (Å²) >= 11 is 7.55. The van der Waals surface area contributed by atoms with Crippen molar-refractivity contribution in [2.45, 2.75) is 26.3 Å². The molecule has 0 aliphatic rings. The minimum Gasteiger partial charge on any atom is -0.349 e. The van der Waals surface area contributed by atoms with E-state index in [1.807, 2.05) is 54.8 Å². The fourth-order valence-corrected chi connectivity index (χ4v) is 3.76. The van der Waals surface area contributed by atoms with E-state index in [-0.39, 0.29) is 18.4 Å². The molecule has 0 fully saturated rings. The van der Waals surface area contributed by atoms with E-state index in [9.17, 15) is 4.79 Å². The number of carbonyl (C=O) groups is 1. The third-order valence-electron chi connectivity index (χ3n) is 4.00. The number of amides is 1. The van der Waals surface area contributed by atoms with Crippen molar-refractivity contribution in [3.05, 3.63) is 75.8 Å². The van der Waals surface area contributed by atoms with Gasteiger partial charge in [0.1, 0.15) is 5.01 Å². The predicted molar refractivity (Wildman–Crippen MR) is 104 cm³/mol. The van der Waals surface area contributed by atoms with Crippen LogP contribution in [-0.4, -0.2) is 10.9 Å². The van der Waals surface area contributed by atoms with Gasteiger partial charge in [0.15, 0.2) is 0 Å². The minimum absolute atomic E-state index is 0.0280. The number of hydrogen-bond acceptors (Lipinski definition) is 3. The highest BCUT2D eigenvalue weighted by atomic mass is 35.5. The second-order valence-corrected chi connectivity index (χ2v) is 7.27. The number of aryl methyl sites for hydroxylation is 1. The number of nitrogens with zero attached hydrogens (tertiary/aromatic N) is 1. The lowest BCUT2D eigenvalue weighted by atomic mass is 10.0. The molecule has 1 aromatic heterocycles. The molecule has 1 N–H and O–H groups in total. The number of thiazole rings is 1. The van der Waals surface area contributed by atoms with Gasteiger partial charge < -0.3 is 5.32 Å². The van der Waals surface area contributed by atoms with Crippen LogP contribution in [0.2, 0.25) is 5.02 Å². The van der Waals surface area contributed by atoms with Crippen LogP contribution in [0.4, 0.5) is 0 Å². The SMILES string of the molecule is Cc1ccccc1C(C)NC(=O)Cc1csc(-c2cccc(Cl)c2)n1. The smallest absolute Gasteiger partial charge is 0.226 e. The molecule has 1 heterocycles. The van der Waals surface area contributed by atoms with Crippen LogP contribution in [0.15, 0.2) is 53.9 Å². The molecule has 2 aromatic carbocycles. The van der Waals surface area contributed by atoms with E-state index in [1.54, 1.807) is 0 Å². The highest BCUT2D eigenvalue weighted by Gasteiger charge is 2.14. The van der Waals surface area contributed by atoms with Crippen molar-refractivity contribution in [3.8, 4) is 10.6 Å². The van der Waals surface area contributed by atoms with Crippen LogP contribution in [0.3, 0.4) is 0 Å². The molecule has 3 nitrogen and oxygen atoms in total. The fourth-order valence-electron chi connectivity index (χ4n) is 2.75. The Labute approximate surface area is 156 Å². The van der Waals surface area contributed by atoms with Crippen LogP contribution in [0.1, 0.15) is 29.8 Å². The van der Waals surface area contributed by atoms with Crippen molar-refractivity contribution < 1.29 is 4.79 Å². The second kappa shape index (κ2) is 7.81. The number of rotatable bonds is 5. The van der Waals surface area contributed by atoms with Crippen molar-refractivity contribution in [1.29, 1.82) is 0 Å². The van der Waals surface area contributed by atoms with Gasteiger partial charge in [-0.2, -0.15) is 0 Å². The summed E-state index contributed by atoms with van der Waals surface area (Å²) in [6.45, 7) is 4.05. The first-order chi connectivity index (χ1) is 12.0. The van der Waals surface area contributed by atoms with Crippen LogP contribution in [0, 0.1) is 6.92 Å². The number of carbonyl (C=O) groups excluding carboxylic acids is 1. The zero-order chi connectivity index (χ0) is 17.8. The lowest BCUT2D eigenvalue weighted by Crippen LogP contribution is -2.28. The van der Waals surface area contributed by atoms with E-state index in [1.165, 1.54) is 16.9 Å². The summed E-state index contributed by atoms with van der Waals surface area (Å²) in [6, 6.07) is 15.6. The molecule has 0 spiro atoms. The minimum atomic E-state index is -0.0290. The molecule has 0 saturated heterocycles. The molecular weight excluding hydrogens is 352 g/mol. The second-order valence-electron chi connectivity index (χ2n) is 5.98. The quantitative estimate of drug-likeness (QED) is 0.671. The molecule has 0 bridgehead atoms. The van der Waals surface area contributed by atoms with Gasteiger partial charge in [0.2, 0.25) is 5.91 Å². The first-order valence-electron chi connectivity index (χ1n) is 8.08. The van der Waals surface area contributed by atoms with E-state index >= 15 is 0 Å². The van der Waals surface area contributed by atoms with Gasteiger partial charge in [-0.3, -0.25) is 4.79 Å². The summed E-state index contributed by atoms with van der Waals surface area (Å²) in [7, 11) is 0. The Bertz CT molecular complexity index is 891. The van der Waals surface area contributed by atoms with Crippen LogP contribution < -0.4 is 5.32 Å². The van der Waals surface area contributed by atoms with E-state index in [0.29, 0.717) is 5.02 Å². The average molecular weight is 371 g/mol. The molecular formula is C20H19ClN2OS. The normalized spacial score (nSPS) is 12.0. The molecule has 25 heavy (non-hydrogen) atoms. The Morgan fingerprint density at radius 2 is 2.04 bits per heavy atom. The lowest BCUT2D eigenvalue weighted by Gasteiger charge is -2.16. The van der Waals surface area contributed by atoms with E-state index in [2.05, 4.69) is 23.3 Å². The Morgan fingerprint density at radius 1 is 1.24 bits per heavy atom. The standard InChI is InChI=1S/C20H19ClN2OS/c1-13-6-3-4-9-18(13)14(2)22-19(24)11-17-12-25-20(23-17)15-7-5-8-16(21)10-15/h3-10,12,14H,11H2,1-2H3,(H,22,24). The van der Waals surface area contributed by atoms with Crippen molar-refractivity contribution in [2.75, 3.05) is 0 Å². The van der Waals surface area contributed by atoms with Gasteiger partial charge >= 0.3 is 0 Å². The molecule has 0 aliphatic carbocycles. The summed E-state index contributed by atoms with van der Waals surface area (Å²) in [5.41, 5.74) is 4.05. The first-order valence-corrected chi connectivity index (χ1v) is 9.34. The van der Waals surface area contributed by atoms with Crippen molar-refractivity contribution in [2.24, 2.45) is 0 Å². The van der Waals surface area contributed by atoms with Crippen LogP contribution in [-0.2, 0) is 11.2 Å². The van der Waals surface area contributed by atoms with Gasteiger partial charge in [-0.1, -0.05) is 48.0 Å². The van der Waals surface area contributed by atoms with Crippen LogP contribution in [0.5, 0.6) is 0 Å². The Morgan fingerprint density at radius 3 is 2.80 bits per heavy atom. The Balaban J connectivity index is 1.65. The molecule has 1 unspecified atom stereocenters. The number of halogens is 1. The first kappa shape index (κ1) is 17.6. The Kier molecular flexibility index (Phi) is 5.51. The Hall–Kier alpha value is -2.17. The van der Waals surface area contributed by atoms with Gasteiger partial charge in [-0.25, -0.2) is 4.98 Å². The number of aromatic nitrogens is 1. The molecule has 0 radical (unpaired) electrons. The molecule has 0 saturated carbocycles. The number of hydrogen-bond donors (Lipinski definition) is 1. The van der Waals surface area contributed by atoms with Crippen molar-refractivity contribution in [1.82, 2.24) is 10.3 Å². The van der Waals surface area contributed by atoms with Gasteiger partial charge in [0, 0.05) is 16.0 Å². The largest absolute Gasteiger partial charge is 0.349 e. The van der Waals surface area contributed by atoms with Crippen LogP contribution in [0.25, 0.3) is 10.6 Å². The fraction of sp³-hybridized carbons (Fsp3) is 0.200. The predicted octanol–water partition coefficient (Wildman–Crippen LogP) is 5.19. The monoisotopic (exact) mass is 370 g/mol. The summed E-state index contributed by atoms with van der Waals surface area (Å²) in [6.07, 6.45) is 0.271. The van der Waals surface area contributed by atoms with E-state index in [4.69, 9.17) is 11.6 Å². The van der Waals surface area contributed by atoms with Crippen molar-refractivity contribution >= 4 is 28.8 Å². The highest BCUT2D eigenvalue weighted by Crippen LogP contribution is 2.26. The van der Waals surface area contributed by atoms with Gasteiger partial charge in [-0.15, -0.1) is 11.3 Å². The summed E-state index contributed by atoms with van der Waals surface area (Å²) in [4.78, 5) is 16.9. The van der Waals surface area contributed by atoms with Gasteiger partial charge in [0.25, 0.3) is 0 Å². The molecule has 5 heteroatoms. The summed E-state index contributed by atoms with van der Waals surface area (Å²) in [5, 5.41) is 6.53. The average Bonchev–Trinajstić information content (AvgIpc) is 3.03. The molecule has 3 aromatic rings. The zero-order valence-electron chi connectivity index (χ0n) is 14.1. The molecule has 1 atom stereocenters. The van der Waals surface area contributed by atoms with E-state index in [0.717, 1.165) is 21.8 Å². The maximum atomic E-state index is 12.3. The number of nitrogens with one attached hydrogen (secondary N) is 1. The third-order valence-corrected chi connectivity index (χ3v) is 5.17. The highest BCUT2D eigenvalue weighted by molar-refractivity contribution is 7.13.